The smallest absolute Gasteiger partial charge is 0.212 e. The highest BCUT2D eigenvalue weighted by molar-refractivity contribution is 6.29. The number of nitrogens with zero attached hydrogens (tertiary/aromatic N) is 3. The second kappa shape index (κ2) is 5.04. The molecule has 2 heterocycles. The average Bonchev–Trinajstić information content (AvgIpc) is 2.82. The van der Waals surface area contributed by atoms with Crippen molar-refractivity contribution in [3.8, 4) is 0 Å². The van der Waals surface area contributed by atoms with E-state index in [1.54, 1.807) is 24.3 Å². The normalized spacial score (nSPS) is 12.0. The lowest BCUT2D eigenvalue weighted by molar-refractivity contribution is -0.137. The van der Waals surface area contributed by atoms with Crippen molar-refractivity contribution in [2.24, 2.45) is 0 Å². The Kier molecular flexibility index (Phi) is 3.33. The van der Waals surface area contributed by atoms with Crippen molar-refractivity contribution in [3.63, 3.8) is 0 Å². The molecule has 7 heteroatoms. The van der Waals surface area contributed by atoms with Crippen molar-refractivity contribution in [1.82, 2.24) is 14.6 Å². The standard InChI is InChI=1S/C14H9ClF3N3/c15-11-5-2-6-13-19-12(20-21(11)13)8-9-3-1-4-10(7-9)14(16,17)18/h1-7H,8H2. The van der Waals surface area contributed by atoms with Gasteiger partial charge in [0.1, 0.15) is 5.15 Å². The number of aromatic nitrogens is 3. The van der Waals surface area contributed by atoms with Gasteiger partial charge in [0.2, 0.25) is 0 Å². The van der Waals surface area contributed by atoms with E-state index in [2.05, 4.69) is 10.1 Å². The van der Waals surface area contributed by atoms with Gasteiger partial charge >= 0.3 is 6.18 Å². The molecule has 1 aromatic carbocycles. The summed E-state index contributed by atoms with van der Waals surface area (Å²) in [5.74, 6) is 0.419. The van der Waals surface area contributed by atoms with E-state index in [0.717, 1.165) is 12.1 Å². The Morgan fingerprint density at radius 1 is 1.10 bits per heavy atom. The summed E-state index contributed by atoms with van der Waals surface area (Å²) in [5, 5.41) is 4.59. The number of rotatable bonds is 2. The summed E-state index contributed by atoms with van der Waals surface area (Å²) in [5.41, 5.74) is 0.378. The van der Waals surface area contributed by atoms with Crippen LogP contribution in [0.1, 0.15) is 17.0 Å². The van der Waals surface area contributed by atoms with Gasteiger partial charge in [0.15, 0.2) is 11.5 Å². The molecule has 0 unspecified atom stereocenters. The molecule has 0 saturated carbocycles. The Morgan fingerprint density at radius 2 is 1.86 bits per heavy atom. The quantitative estimate of drug-likeness (QED) is 0.670. The van der Waals surface area contributed by atoms with Crippen LogP contribution in [0.5, 0.6) is 0 Å². The second-order valence-corrected chi connectivity index (χ2v) is 4.91. The van der Waals surface area contributed by atoms with Crippen molar-refractivity contribution in [2.75, 3.05) is 0 Å². The molecule has 0 bridgehead atoms. The first-order chi connectivity index (χ1) is 9.93. The number of pyridine rings is 1. The van der Waals surface area contributed by atoms with Gasteiger partial charge in [-0.2, -0.15) is 13.2 Å². The predicted molar refractivity (Wildman–Crippen MR) is 72.2 cm³/mol. The monoisotopic (exact) mass is 311 g/mol. The van der Waals surface area contributed by atoms with Crippen molar-refractivity contribution in [3.05, 3.63) is 64.6 Å². The highest BCUT2D eigenvalue weighted by atomic mass is 35.5. The molecule has 0 fully saturated rings. The highest BCUT2D eigenvalue weighted by Gasteiger charge is 2.30. The third-order valence-electron chi connectivity index (χ3n) is 2.97. The third kappa shape index (κ3) is 2.85. The Morgan fingerprint density at radius 3 is 2.57 bits per heavy atom. The van der Waals surface area contributed by atoms with Crippen molar-refractivity contribution < 1.29 is 13.2 Å². The summed E-state index contributed by atoms with van der Waals surface area (Å²) >= 11 is 5.97. The second-order valence-electron chi connectivity index (χ2n) is 4.52. The van der Waals surface area contributed by atoms with Gasteiger partial charge in [0.05, 0.1) is 5.56 Å². The number of halogens is 4. The Hall–Kier alpha value is -2.08. The molecule has 108 valence electrons. The molecule has 0 spiro atoms. The van der Waals surface area contributed by atoms with Crippen LogP contribution < -0.4 is 0 Å². The van der Waals surface area contributed by atoms with Crippen LogP contribution in [0, 0.1) is 0 Å². The molecule has 0 aliphatic heterocycles. The van der Waals surface area contributed by atoms with Gasteiger partial charge in [-0.15, -0.1) is 5.10 Å². The minimum Gasteiger partial charge on any atom is -0.212 e. The molecule has 2 aromatic heterocycles. The van der Waals surface area contributed by atoms with E-state index in [0.29, 0.717) is 22.2 Å². The van der Waals surface area contributed by atoms with E-state index in [9.17, 15) is 13.2 Å². The molecule has 3 nitrogen and oxygen atoms in total. The van der Waals surface area contributed by atoms with Gasteiger partial charge in [-0.05, 0) is 23.8 Å². The molecular weight excluding hydrogens is 303 g/mol. The van der Waals surface area contributed by atoms with Crippen LogP contribution in [-0.4, -0.2) is 14.6 Å². The number of fused-ring (bicyclic) bond motifs is 1. The Bertz CT molecular complexity index is 796. The summed E-state index contributed by atoms with van der Waals surface area (Å²) < 4.78 is 39.5. The molecule has 0 amide bonds. The fourth-order valence-electron chi connectivity index (χ4n) is 2.03. The Balaban J connectivity index is 1.93. The molecule has 0 atom stereocenters. The maximum absolute atomic E-state index is 12.7. The van der Waals surface area contributed by atoms with Gasteiger partial charge in [0.25, 0.3) is 0 Å². The van der Waals surface area contributed by atoms with E-state index in [1.807, 2.05) is 0 Å². The van der Waals surface area contributed by atoms with Crippen LogP contribution >= 0.6 is 11.6 Å². The van der Waals surface area contributed by atoms with Gasteiger partial charge in [-0.1, -0.05) is 35.9 Å². The van der Waals surface area contributed by atoms with Crippen LogP contribution in [0.2, 0.25) is 5.15 Å². The fourth-order valence-corrected chi connectivity index (χ4v) is 2.23. The van der Waals surface area contributed by atoms with Gasteiger partial charge in [0, 0.05) is 6.42 Å². The number of hydrogen-bond acceptors (Lipinski definition) is 2. The van der Waals surface area contributed by atoms with Crippen LogP contribution in [0.4, 0.5) is 13.2 Å². The van der Waals surface area contributed by atoms with Crippen molar-refractivity contribution >= 4 is 17.2 Å². The minimum atomic E-state index is -4.36. The van der Waals surface area contributed by atoms with Crippen LogP contribution in [0.3, 0.4) is 0 Å². The molecule has 0 aliphatic carbocycles. The molecular formula is C14H9ClF3N3. The van der Waals surface area contributed by atoms with Gasteiger partial charge in [-0.25, -0.2) is 9.50 Å². The maximum Gasteiger partial charge on any atom is 0.416 e. The molecule has 0 saturated heterocycles. The Labute approximate surface area is 123 Å². The first-order valence-electron chi connectivity index (χ1n) is 6.10. The number of benzene rings is 1. The van der Waals surface area contributed by atoms with E-state index in [1.165, 1.54) is 10.6 Å². The lowest BCUT2D eigenvalue weighted by atomic mass is 10.1. The molecule has 0 radical (unpaired) electrons. The summed E-state index contributed by atoms with van der Waals surface area (Å²) in [4.78, 5) is 4.25. The zero-order valence-electron chi connectivity index (χ0n) is 10.6. The highest BCUT2D eigenvalue weighted by Crippen LogP contribution is 2.29. The summed E-state index contributed by atoms with van der Waals surface area (Å²) in [7, 11) is 0. The van der Waals surface area contributed by atoms with Crippen LogP contribution in [-0.2, 0) is 12.6 Å². The molecule has 3 rings (SSSR count). The predicted octanol–water partition coefficient (Wildman–Crippen LogP) is 3.99. The zero-order chi connectivity index (χ0) is 15.0. The summed E-state index contributed by atoms with van der Waals surface area (Å²) in [6, 6.07) is 10.3. The van der Waals surface area contributed by atoms with E-state index >= 15 is 0 Å². The average molecular weight is 312 g/mol. The maximum atomic E-state index is 12.7. The van der Waals surface area contributed by atoms with E-state index in [-0.39, 0.29) is 6.42 Å². The largest absolute Gasteiger partial charge is 0.416 e. The molecule has 21 heavy (non-hydrogen) atoms. The lowest BCUT2D eigenvalue weighted by Gasteiger charge is -2.07. The molecule has 3 aromatic rings. The van der Waals surface area contributed by atoms with Crippen LogP contribution in [0.25, 0.3) is 5.65 Å². The van der Waals surface area contributed by atoms with Gasteiger partial charge in [-0.3, -0.25) is 0 Å². The van der Waals surface area contributed by atoms with E-state index in [4.69, 9.17) is 11.6 Å². The number of alkyl halides is 3. The van der Waals surface area contributed by atoms with Crippen LogP contribution in [0.15, 0.2) is 42.5 Å². The molecule has 0 N–H and O–H groups in total. The third-order valence-corrected chi connectivity index (χ3v) is 3.26. The number of hydrogen-bond donors (Lipinski definition) is 0. The van der Waals surface area contributed by atoms with E-state index < -0.39 is 11.7 Å². The first kappa shape index (κ1) is 13.9. The SMILES string of the molecule is FC(F)(F)c1cccc(Cc2nc3cccc(Cl)n3n2)c1. The fraction of sp³-hybridized carbons (Fsp3) is 0.143. The summed E-state index contributed by atoms with van der Waals surface area (Å²) in [6.45, 7) is 0. The molecule has 0 aliphatic rings. The zero-order valence-corrected chi connectivity index (χ0v) is 11.4. The lowest BCUT2D eigenvalue weighted by Crippen LogP contribution is -2.05. The van der Waals surface area contributed by atoms with Crippen molar-refractivity contribution in [2.45, 2.75) is 12.6 Å². The van der Waals surface area contributed by atoms with Gasteiger partial charge < -0.3 is 0 Å². The minimum absolute atomic E-state index is 0.210. The van der Waals surface area contributed by atoms with Crippen molar-refractivity contribution in [1.29, 1.82) is 0 Å². The first-order valence-corrected chi connectivity index (χ1v) is 6.47. The summed E-state index contributed by atoms with van der Waals surface area (Å²) in [6.07, 6.45) is -4.15. The topological polar surface area (TPSA) is 30.2 Å².